The van der Waals surface area contributed by atoms with Crippen LogP contribution in [0.4, 0.5) is 9.59 Å². The molecule has 0 unspecified atom stereocenters. The molecule has 4 amide bonds. The number of methoxy groups -OCH3 is 1. The van der Waals surface area contributed by atoms with Gasteiger partial charge in [-0.2, -0.15) is 0 Å². The highest BCUT2D eigenvalue weighted by Crippen LogP contribution is 2.55. The zero-order valence-electron chi connectivity index (χ0n) is 33.9. The Kier molecular flexibility index (Phi) is 9.53. The van der Waals surface area contributed by atoms with Gasteiger partial charge in [-0.05, 0) is 108 Å². The van der Waals surface area contributed by atoms with Gasteiger partial charge in [0.2, 0.25) is 11.8 Å². The Hall–Kier alpha value is -5.96. The van der Waals surface area contributed by atoms with E-state index in [2.05, 4.69) is 69.1 Å². The molecule has 5 N–H and O–H groups in total. The largest absolute Gasteiger partial charge is 0.465 e. The van der Waals surface area contributed by atoms with Gasteiger partial charge in [-0.1, -0.05) is 44.2 Å². The molecule has 3 aliphatic heterocycles. The van der Waals surface area contributed by atoms with Gasteiger partial charge in [0.15, 0.2) is 0 Å². The number of H-pyrrole nitrogens is 2. The number of hydrogen-bond acceptors (Lipinski definition) is 8. The van der Waals surface area contributed by atoms with E-state index in [1.807, 2.05) is 35.9 Å². The molecule has 0 bridgehead atoms. The van der Waals surface area contributed by atoms with Crippen molar-refractivity contribution in [2.45, 2.75) is 88.6 Å². The molecule has 2 aromatic heterocycles. The van der Waals surface area contributed by atoms with E-state index in [0.717, 1.165) is 81.5 Å². The van der Waals surface area contributed by atoms with E-state index in [9.17, 15) is 24.3 Å². The summed E-state index contributed by atoms with van der Waals surface area (Å²) in [7, 11) is 1.30. The minimum absolute atomic E-state index is 0.104. The summed E-state index contributed by atoms with van der Waals surface area (Å²) in [6.07, 6.45) is 4.86. The molecule has 0 radical (unpaired) electrons. The van der Waals surface area contributed by atoms with Crippen molar-refractivity contribution < 1.29 is 33.8 Å². The Balaban J connectivity index is 0.860. The number of piperidine rings is 2. The standard InChI is InChI=1S/C45H50N8O7/c1-22(2)38(51-45(58)59-3)42(54)52-34-17-29(34)19-36(52)40-46-21-33(49-40)28-7-6-24-14-25(4-5-26(24)15-28)27-8-9-31-32(16-27)48-41(47-31)37-20-30-18-35(30)53(37)43(55)39(50-44(56)57)23-10-12-60-13-11-23/h4-9,14-16,21-23,29-30,34-39,50H,10-13,17-20H2,1-3H3,(H,46,49)(H,47,48)(H,51,58)(H,56,57)/t29-,30+,34+,35+,36-,37-,38-,39-/m0/s1. The Labute approximate surface area is 346 Å². The first kappa shape index (κ1) is 38.3. The lowest BCUT2D eigenvalue weighted by atomic mass is 9.90. The van der Waals surface area contributed by atoms with Crippen molar-refractivity contribution in [1.82, 2.24) is 40.4 Å². The summed E-state index contributed by atoms with van der Waals surface area (Å²) in [4.78, 5) is 72.5. The van der Waals surface area contributed by atoms with Gasteiger partial charge in [0.1, 0.15) is 23.7 Å². The quantitative estimate of drug-likeness (QED) is 0.104. The zero-order valence-corrected chi connectivity index (χ0v) is 33.9. The van der Waals surface area contributed by atoms with Crippen molar-refractivity contribution in [2.75, 3.05) is 20.3 Å². The molecule has 10 rings (SSSR count). The summed E-state index contributed by atoms with van der Waals surface area (Å²) >= 11 is 0. The van der Waals surface area contributed by atoms with E-state index in [0.29, 0.717) is 37.9 Å². The monoisotopic (exact) mass is 814 g/mol. The van der Waals surface area contributed by atoms with Crippen molar-refractivity contribution >= 4 is 45.8 Å². The Morgan fingerprint density at radius 1 is 0.800 bits per heavy atom. The SMILES string of the molecule is COC(=O)N[C@H](C(=O)N1[C@@H]2C[C@H]2C[C@H]1c1ncc(-c2ccc3cc(-c4ccc5nc([C@@H]6C[C@H]7C[C@H]7N6C(=O)[C@@H](NC(=O)O)C6CCOCC6)[nH]c5c4)ccc3c2)[nH]1)C(C)C. The molecular formula is C45H50N8O7. The first-order chi connectivity index (χ1) is 29.0. The molecule has 60 heavy (non-hydrogen) atoms. The molecule has 5 fully saturated rings. The Bertz CT molecular complexity index is 2510. The summed E-state index contributed by atoms with van der Waals surface area (Å²) in [5.74, 6) is 1.84. The highest BCUT2D eigenvalue weighted by molar-refractivity contribution is 5.92. The summed E-state index contributed by atoms with van der Waals surface area (Å²) in [6, 6.07) is 17.3. The lowest BCUT2D eigenvalue weighted by Gasteiger charge is -2.35. The number of carboxylic acid groups (broad SMARTS) is 1. The van der Waals surface area contributed by atoms with Crippen molar-refractivity contribution in [3.63, 3.8) is 0 Å². The fraction of sp³-hybridized carbons (Fsp3) is 0.467. The maximum atomic E-state index is 14.1. The van der Waals surface area contributed by atoms with Crippen molar-refractivity contribution in [2.24, 2.45) is 23.7 Å². The molecule has 8 atom stereocenters. The third-order valence-electron chi connectivity index (χ3n) is 13.6. The number of fused-ring (bicyclic) bond motifs is 4. The number of nitrogens with one attached hydrogen (secondary N) is 4. The van der Waals surface area contributed by atoms with Gasteiger partial charge < -0.3 is 45.0 Å². The fourth-order valence-corrected chi connectivity index (χ4v) is 10.2. The molecule has 15 nitrogen and oxygen atoms in total. The molecule has 5 aromatic rings. The first-order valence-corrected chi connectivity index (χ1v) is 21.2. The maximum Gasteiger partial charge on any atom is 0.407 e. The van der Waals surface area contributed by atoms with Crippen LogP contribution in [0.2, 0.25) is 0 Å². The number of ether oxygens (including phenoxy) is 2. The summed E-state index contributed by atoms with van der Waals surface area (Å²) in [5.41, 5.74) is 5.64. The van der Waals surface area contributed by atoms with Crippen LogP contribution in [0, 0.1) is 23.7 Å². The lowest BCUT2D eigenvalue weighted by Crippen LogP contribution is -2.53. The topological polar surface area (TPSA) is 195 Å². The van der Waals surface area contributed by atoms with E-state index < -0.39 is 24.3 Å². The minimum atomic E-state index is -1.19. The van der Waals surface area contributed by atoms with Gasteiger partial charge in [0.25, 0.3) is 0 Å². The predicted octanol–water partition coefficient (Wildman–Crippen LogP) is 6.54. The first-order valence-electron chi connectivity index (χ1n) is 21.2. The van der Waals surface area contributed by atoms with Crippen LogP contribution >= 0.6 is 0 Å². The normalized spacial score (nSPS) is 25.5. The van der Waals surface area contributed by atoms with E-state index in [4.69, 9.17) is 19.4 Å². The molecule has 5 aliphatic rings. The number of hydrogen-bond donors (Lipinski definition) is 5. The Morgan fingerprint density at radius 3 is 2.12 bits per heavy atom. The molecule has 5 heterocycles. The number of aromatic nitrogens is 4. The van der Waals surface area contributed by atoms with Gasteiger partial charge in [-0.25, -0.2) is 19.6 Å². The van der Waals surface area contributed by atoms with Crippen LogP contribution in [0.25, 0.3) is 44.2 Å². The fourth-order valence-electron chi connectivity index (χ4n) is 10.2. The van der Waals surface area contributed by atoms with Crippen LogP contribution in [-0.4, -0.2) is 103 Å². The number of rotatable bonds is 10. The predicted molar refractivity (Wildman–Crippen MR) is 221 cm³/mol. The van der Waals surface area contributed by atoms with E-state index in [1.54, 1.807) is 0 Å². The molecule has 3 aromatic carbocycles. The second-order valence-corrected chi connectivity index (χ2v) is 17.7. The van der Waals surface area contributed by atoms with E-state index >= 15 is 0 Å². The third-order valence-corrected chi connectivity index (χ3v) is 13.6. The molecule has 3 saturated heterocycles. The van der Waals surface area contributed by atoms with Crippen LogP contribution in [0.3, 0.4) is 0 Å². The molecule has 2 saturated carbocycles. The average Bonchev–Trinajstić information content (AvgIpc) is 3.87. The van der Waals surface area contributed by atoms with Gasteiger partial charge in [-0.15, -0.1) is 0 Å². The van der Waals surface area contributed by atoms with Crippen LogP contribution in [0.1, 0.15) is 76.1 Å². The number of imidazole rings is 2. The highest BCUT2D eigenvalue weighted by Gasteiger charge is 2.57. The number of nitrogens with zero attached hydrogens (tertiary/aromatic N) is 4. The zero-order chi connectivity index (χ0) is 41.4. The van der Waals surface area contributed by atoms with Gasteiger partial charge in [0, 0.05) is 30.9 Å². The third kappa shape index (κ3) is 6.91. The van der Waals surface area contributed by atoms with Crippen LogP contribution in [-0.2, 0) is 19.1 Å². The second kappa shape index (κ2) is 14.9. The maximum absolute atomic E-state index is 14.1. The van der Waals surface area contributed by atoms with Crippen LogP contribution in [0.15, 0.2) is 60.8 Å². The number of carbonyl (C=O) groups is 4. The lowest BCUT2D eigenvalue weighted by molar-refractivity contribution is -0.138. The number of carbonyl (C=O) groups excluding carboxylic acids is 3. The number of likely N-dealkylation sites (tertiary alicyclic amines) is 2. The van der Waals surface area contributed by atoms with E-state index in [-0.39, 0.29) is 47.8 Å². The molecule has 312 valence electrons. The van der Waals surface area contributed by atoms with Gasteiger partial charge in [0.05, 0.1) is 42.1 Å². The molecular weight excluding hydrogens is 765 g/mol. The van der Waals surface area contributed by atoms with Gasteiger partial charge in [-0.3, -0.25) is 9.59 Å². The summed E-state index contributed by atoms with van der Waals surface area (Å²) in [5, 5.41) is 17.1. The summed E-state index contributed by atoms with van der Waals surface area (Å²) < 4.78 is 10.3. The Morgan fingerprint density at radius 2 is 1.43 bits per heavy atom. The molecule has 15 heteroatoms. The number of amides is 4. The van der Waals surface area contributed by atoms with Crippen molar-refractivity contribution in [1.29, 1.82) is 0 Å². The molecule has 2 aliphatic carbocycles. The van der Waals surface area contributed by atoms with Crippen LogP contribution in [0.5, 0.6) is 0 Å². The molecule has 0 spiro atoms. The summed E-state index contributed by atoms with van der Waals surface area (Å²) in [6.45, 7) is 4.88. The second-order valence-electron chi connectivity index (χ2n) is 17.7. The number of alkyl carbamates (subject to hydrolysis) is 1. The van der Waals surface area contributed by atoms with Crippen LogP contribution < -0.4 is 10.6 Å². The highest BCUT2D eigenvalue weighted by atomic mass is 16.5. The number of benzene rings is 3. The van der Waals surface area contributed by atoms with Crippen molar-refractivity contribution in [3.05, 3.63) is 72.4 Å². The number of aromatic amines is 2. The van der Waals surface area contributed by atoms with E-state index in [1.165, 1.54) is 7.11 Å². The van der Waals surface area contributed by atoms with Gasteiger partial charge >= 0.3 is 12.2 Å². The van der Waals surface area contributed by atoms with Crippen molar-refractivity contribution in [3.8, 4) is 22.4 Å². The smallest absolute Gasteiger partial charge is 0.407 e. The minimum Gasteiger partial charge on any atom is -0.465 e. The average molecular weight is 815 g/mol.